The minimum Gasteiger partial charge on any atom is -0.462 e. The van der Waals surface area contributed by atoms with Crippen LogP contribution in [0.3, 0.4) is 0 Å². The van der Waals surface area contributed by atoms with Gasteiger partial charge in [-0.3, -0.25) is 18.6 Å². The third-order valence-electron chi connectivity index (χ3n) is 15.7. The van der Waals surface area contributed by atoms with E-state index >= 15 is 0 Å². The van der Waals surface area contributed by atoms with Gasteiger partial charge in [0.05, 0.1) is 27.7 Å². The summed E-state index contributed by atoms with van der Waals surface area (Å²) in [5.74, 6) is -0.775. The molecule has 0 spiro atoms. The Hall–Kier alpha value is -1.51. The maximum atomic E-state index is 12.9. The molecule has 0 saturated carbocycles. The zero-order chi connectivity index (χ0) is 57.7. The van der Waals surface area contributed by atoms with E-state index in [1.807, 2.05) is 21.1 Å². The van der Waals surface area contributed by atoms with Crippen LogP contribution in [0.15, 0.2) is 24.3 Å². The Kier molecular flexibility index (Phi) is 59.9. The highest BCUT2D eigenvalue weighted by atomic mass is 31.2. The number of quaternary nitrogens is 1. The van der Waals surface area contributed by atoms with Crippen molar-refractivity contribution in [2.45, 2.75) is 360 Å². The first-order chi connectivity index (χ1) is 38.5. The lowest BCUT2D eigenvalue weighted by molar-refractivity contribution is -0.870. The second-order valence-electron chi connectivity index (χ2n) is 24.9. The van der Waals surface area contributed by atoms with Gasteiger partial charge in [0.1, 0.15) is 19.8 Å². The number of phosphoric ester groups is 1. The summed E-state index contributed by atoms with van der Waals surface area (Å²) in [6.45, 7) is 4.50. The minimum absolute atomic E-state index is 0.0351. The lowest BCUT2D eigenvalue weighted by Crippen LogP contribution is -2.37. The molecule has 0 saturated heterocycles. The Morgan fingerprint density at radius 2 is 0.684 bits per heavy atom. The Bertz CT molecular complexity index is 1380. The van der Waals surface area contributed by atoms with Crippen molar-refractivity contribution in [3.8, 4) is 0 Å². The standard InChI is InChI=1S/C69H134NO8P/c1-6-8-10-12-14-16-18-20-22-24-26-28-30-32-34-36-37-39-41-43-45-47-49-51-53-55-57-59-61-68(71)75-65-67(66-77-79(73,74)76-64-63-70(3,4)5)78-69(72)62-60-58-56-54-52-50-48-46-44-42-40-38-35-33-31-29-27-25-23-21-19-17-15-13-11-9-7-2/h19,21,25,27,67H,6-18,20,22-24,26,28-66H2,1-5H3/p+1/b21-19-,27-25-. The number of esters is 2. The predicted molar refractivity (Wildman–Crippen MR) is 340 cm³/mol. The number of nitrogens with zero attached hydrogens (tertiary/aromatic N) is 1. The van der Waals surface area contributed by atoms with Crippen LogP contribution in [0.5, 0.6) is 0 Å². The highest BCUT2D eigenvalue weighted by molar-refractivity contribution is 7.47. The van der Waals surface area contributed by atoms with Crippen LogP contribution >= 0.6 is 7.82 Å². The molecule has 0 aliphatic heterocycles. The molecule has 10 heteroatoms. The summed E-state index contributed by atoms with van der Waals surface area (Å²) < 4.78 is 34.7. The molecule has 0 radical (unpaired) electrons. The van der Waals surface area contributed by atoms with Crippen molar-refractivity contribution in [1.82, 2.24) is 0 Å². The molecule has 0 aromatic rings. The Morgan fingerprint density at radius 3 is 1.00 bits per heavy atom. The fourth-order valence-electron chi connectivity index (χ4n) is 10.4. The van der Waals surface area contributed by atoms with Gasteiger partial charge in [-0.25, -0.2) is 4.57 Å². The van der Waals surface area contributed by atoms with Crippen LogP contribution in [0, 0.1) is 0 Å². The van der Waals surface area contributed by atoms with Crippen molar-refractivity contribution >= 4 is 19.8 Å². The Morgan fingerprint density at radius 1 is 0.392 bits per heavy atom. The summed E-state index contributed by atoms with van der Waals surface area (Å²) in [7, 11) is 1.50. The normalized spacial score (nSPS) is 13.2. The zero-order valence-electron chi connectivity index (χ0n) is 53.4. The average Bonchev–Trinajstić information content (AvgIpc) is 3.41. The molecule has 0 aliphatic carbocycles. The fraction of sp³-hybridized carbons (Fsp3) is 0.913. The molecule has 0 fully saturated rings. The zero-order valence-corrected chi connectivity index (χ0v) is 54.3. The van der Waals surface area contributed by atoms with E-state index < -0.39 is 26.5 Å². The minimum atomic E-state index is -4.39. The molecule has 0 rings (SSSR count). The van der Waals surface area contributed by atoms with Gasteiger partial charge < -0.3 is 18.9 Å². The molecule has 79 heavy (non-hydrogen) atoms. The SMILES string of the molecule is CCCCCCC/C=C\C/C=C\CCCCCCCCCCCCCCCCCC(=O)OC(COC(=O)CCCCCCCCCCCCCCCCCCCCCCCCCCCCCC)COP(=O)(O)OCC[N+](C)(C)C. The molecule has 0 heterocycles. The van der Waals surface area contributed by atoms with Crippen molar-refractivity contribution in [3.05, 3.63) is 24.3 Å². The lowest BCUT2D eigenvalue weighted by Gasteiger charge is -2.24. The highest BCUT2D eigenvalue weighted by Gasteiger charge is 2.27. The molecule has 2 atom stereocenters. The molecule has 0 aliphatic rings. The van der Waals surface area contributed by atoms with Gasteiger partial charge in [0, 0.05) is 12.8 Å². The monoisotopic (exact) mass is 1140 g/mol. The molecule has 9 nitrogen and oxygen atoms in total. The van der Waals surface area contributed by atoms with Crippen LogP contribution in [0.2, 0.25) is 0 Å². The van der Waals surface area contributed by atoms with Crippen LogP contribution in [0.1, 0.15) is 354 Å². The smallest absolute Gasteiger partial charge is 0.462 e. The number of allylic oxidation sites excluding steroid dienone is 4. The van der Waals surface area contributed by atoms with Crippen LogP contribution in [-0.4, -0.2) is 74.9 Å². The average molecular weight is 1140 g/mol. The molecular formula is C69H135NO8P+. The van der Waals surface area contributed by atoms with Gasteiger partial charge in [-0.15, -0.1) is 0 Å². The number of hydrogen-bond donors (Lipinski definition) is 1. The molecule has 0 bridgehead atoms. The van der Waals surface area contributed by atoms with Crippen molar-refractivity contribution in [2.24, 2.45) is 0 Å². The lowest BCUT2D eigenvalue weighted by atomic mass is 10.0. The van der Waals surface area contributed by atoms with Crippen molar-refractivity contribution in [2.75, 3.05) is 47.5 Å². The maximum absolute atomic E-state index is 12.9. The molecule has 0 amide bonds. The van der Waals surface area contributed by atoms with Crippen LogP contribution in [0.25, 0.3) is 0 Å². The molecule has 0 aromatic heterocycles. The summed E-state index contributed by atoms with van der Waals surface area (Å²) in [6, 6.07) is 0. The summed E-state index contributed by atoms with van der Waals surface area (Å²) in [5, 5.41) is 0. The van der Waals surface area contributed by atoms with Gasteiger partial charge in [0.25, 0.3) is 0 Å². The molecule has 2 unspecified atom stereocenters. The summed E-state index contributed by atoms with van der Waals surface area (Å²) in [5.41, 5.74) is 0. The van der Waals surface area contributed by atoms with Crippen molar-refractivity contribution in [3.63, 3.8) is 0 Å². The number of phosphoric acid groups is 1. The number of unbranched alkanes of at least 4 members (excludes halogenated alkanes) is 47. The first-order valence-electron chi connectivity index (χ1n) is 34.6. The van der Waals surface area contributed by atoms with Gasteiger partial charge in [0.2, 0.25) is 0 Å². The van der Waals surface area contributed by atoms with E-state index in [2.05, 4.69) is 38.2 Å². The number of ether oxygens (including phenoxy) is 2. The van der Waals surface area contributed by atoms with E-state index in [0.29, 0.717) is 23.9 Å². The highest BCUT2D eigenvalue weighted by Crippen LogP contribution is 2.43. The second-order valence-corrected chi connectivity index (χ2v) is 26.4. The van der Waals surface area contributed by atoms with Crippen LogP contribution in [0.4, 0.5) is 0 Å². The number of carbonyl (C=O) groups is 2. The summed E-state index contributed by atoms with van der Waals surface area (Å²) in [6.07, 6.45) is 75.7. The van der Waals surface area contributed by atoms with E-state index in [4.69, 9.17) is 18.5 Å². The van der Waals surface area contributed by atoms with Crippen LogP contribution < -0.4 is 0 Å². The largest absolute Gasteiger partial charge is 0.472 e. The van der Waals surface area contributed by atoms with Crippen molar-refractivity contribution < 1.29 is 42.1 Å². The van der Waals surface area contributed by atoms with Gasteiger partial charge in [-0.1, -0.05) is 321 Å². The van der Waals surface area contributed by atoms with Gasteiger partial charge >= 0.3 is 19.8 Å². The van der Waals surface area contributed by atoms with Crippen LogP contribution in [-0.2, 0) is 32.7 Å². The number of likely N-dealkylation sites (N-methyl/N-ethyl adjacent to an activating group) is 1. The van der Waals surface area contributed by atoms with E-state index in [1.165, 1.54) is 283 Å². The molecule has 1 N–H and O–H groups in total. The number of hydrogen-bond acceptors (Lipinski definition) is 7. The Balaban J connectivity index is 4.01. The molecule has 468 valence electrons. The summed E-state index contributed by atoms with van der Waals surface area (Å²) >= 11 is 0. The van der Waals surface area contributed by atoms with E-state index in [0.717, 1.165) is 38.5 Å². The maximum Gasteiger partial charge on any atom is 0.472 e. The van der Waals surface area contributed by atoms with E-state index in [-0.39, 0.29) is 25.6 Å². The number of carbonyl (C=O) groups excluding carboxylic acids is 2. The third kappa shape index (κ3) is 65.5. The van der Waals surface area contributed by atoms with E-state index in [1.54, 1.807) is 0 Å². The van der Waals surface area contributed by atoms with Gasteiger partial charge in [0.15, 0.2) is 6.10 Å². The van der Waals surface area contributed by atoms with Gasteiger partial charge in [-0.05, 0) is 44.9 Å². The first-order valence-corrected chi connectivity index (χ1v) is 36.1. The third-order valence-corrected chi connectivity index (χ3v) is 16.7. The fourth-order valence-corrected chi connectivity index (χ4v) is 11.1. The molecular weight excluding hydrogens is 1000 g/mol. The summed E-state index contributed by atoms with van der Waals surface area (Å²) in [4.78, 5) is 35.9. The predicted octanol–water partition coefficient (Wildman–Crippen LogP) is 22.1. The Labute approximate surface area is 491 Å². The topological polar surface area (TPSA) is 108 Å². The second kappa shape index (κ2) is 61.1. The van der Waals surface area contributed by atoms with E-state index in [9.17, 15) is 19.0 Å². The van der Waals surface area contributed by atoms with Crippen molar-refractivity contribution in [1.29, 1.82) is 0 Å². The molecule has 0 aromatic carbocycles. The van der Waals surface area contributed by atoms with Gasteiger partial charge in [-0.2, -0.15) is 0 Å². The first kappa shape index (κ1) is 77.5. The number of rotatable bonds is 65. The quantitative estimate of drug-likeness (QED) is 0.0211.